The van der Waals surface area contributed by atoms with Gasteiger partial charge in [-0.2, -0.15) is 0 Å². The number of aliphatic hydroxyl groups is 1. The van der Waals surface area contributed by atoms with Crippen molar-refractivity contribution in [3.63, 3.8) is 0 Å². The van der Waals surface area contributed by atoms with Gasteiger partial charge in [0.15, 0.2) is 0 Å². The molecule has 82 valence electrons. The van der Waals surface area contributed by atoms with Gasteiger partial charge >= 0.3 is 0 Å². The standard InChI is InChI=1S/C15H16O/c1-3-7-12-11(4-2)15(10-16)14-9-6-5-8-13(12)14/h3-9,15-16H,1,10H2,2H3/b11-4+,12-7+. The quantitative estimate of drug-likeness (QED) is 0.797. The lowest BCUT2D eigenvalue weighted by atomic mass is 9.98. The highest BCUT2D eigenvalue weighted by Gasteiger charge is 2.29. The van der Waals surface area contributed by atoms with Crippen LogP contribution in [-0.4, -0.2) is 11.7 Å². The molecule has 1 nitrogen and oxygen atoms in total. The third-order valence-corrected chi connectivity index (χ3v) is 3.09. The number of benzene rings is 1. The molecule has 0 saturated heterocycles. The second kappa shape index (κ2) is 4.50. The van der Waals surface area contributed by atoms with Gasteiger partial charge in [0.2, 0.25) is 0 Å². The van der Waals surface area contributed by atoms with Crippen molar-refractivity contribution in [1.82, 2.24) is 0 Å². The zero-order valence-electron chi connectivity index (χ0n) is 9.48. The van der Waals surface area contributed by atoms with Crippen molar-refractivity contribution in [2.24, 2.45) is 0 Å². The van der Waals surface area contributed by atoms with E-state index in [1.807, 2.05) is 25.1 Å². The average molecular weight is 212 g/mol. The Bertz CT molecular complexity index is 466. The lowest BCUT2D eigenvalue weighted by Crippen LogP contribution is -2.01. The van der Waals surface area contributed by atoms with E-state index in [2.05, 4.69) is 24.8 Å². The summed E-state index contributed by atoms with van der Waals surface area (Å²) in [4.78, 5) is 0. The Hall–Kier alpha value is -1.60. The highest BCUT2D eigenvalue weighted by Crippen LogP contribution is 2.45. The molecule has 1 heteroatoms. The zero-order valence-corrected chi connectivity index (χ0v) is 9.48. The van der Waals surface area contributed by atoms with Crippen molar-refractivity contribution in [2.75, 3.05) is 6.61 Å². The summed E-state index contributed by atoms with van der Waals surface area (Å²) < 4.78 is 0. The van der Waals surface area contributed by atoms with Gasteiger partial charge < -0.3 is 5.11 Å². The second-order valence-electron chi connectivity index (χ2n) is 3.88. The third-order valence-electron chi connectivity index (χ3n) is 3.09. The maximum Gasteiger partial charge on any atom is 0.0540 e. The van der Waals surface area contributed by atoms with E-state index in [4.69, 9.17) is 0 Å². The topological polar surface area (TPSA) is 20.2 Å². The second-order valence-corrected chi connectivity index (χ2v) is 3.88. The molecular weight excluding hydrogens is 196 g/mol. The van der Waals surface area contributed by atoms with Gasteiger partial charge in [-0.05, 0) is 29.2 Å². The smallest absolute Gasteiger partial charge is 0.0540 e. The van der Waals surface area contributed by atoms with Crippen molar-refractivity contribution in [1.29, 1.82) is 0 Å². The highest BCUT2D eigenvalue weighted by atomic mass is 16.3. The molecule has 0 aromatic heterocycles. The molecular formula is C15H16O. The van der Waals surface area contributed by atoms with E-state index in [9.17, 15) is 5.11 Å². The van der Waals surface area contributed by atoms with Crippen LogP contribution >= 0.6 is 0 Å². The molecule has 0 radical (unpaired) electrons. The van der Waals surface area contributed by atoms with Crippen molar-refractivity contribution < 1.29 is 5.11 Å². The fourth-order valence-electron chi connectivity index (χ4n) is 2.41. The first-order valence-electron chi connectivity index (χ1n) is 5.53. The summed E-state index contributed by atoms with van der Waals surface area (Å²) in [6, 6.07) is 8.24. The normalized spacial score (nSPS) is 23.8. The van der Waals surface area contributed by atoms with Gasteiger partial charge in [-0.25, -0.2) is 0 Å². The van der Waals surface area contributed by atoms with E-state index in [0.717, 1.165) is 0 Å². The molecule has 1 aliphatic rings. The molecule has 0 heterocycles. The molecule has 16 heavy (non-hydrogen) atoms. The number of hydrogen-bond acceptors (Lipinski definition) is 1. The summed E-state index contributed by atoms with van der Waals surface area (Å²) in [6.07, 6.45) is 5.90. The molecule has 1 unspecified atom stereocenters. The van der Waals surface area contributed by atoms with Gasteiger partial charge in [-0.1, -0.05) is 49.1 Å². The fraction of sp³-hybridized carbons (Fsp3) is 0.200. The van der Waals surface area contributed by atoms with Gasteiger partial charge in [-0.3, -0.25) is 0 Å². The molecule has 1 aliphatic carbocycles. The first-order valence-corrected chi connectivity index (χ1v) is 5.53. The Labute approximate surface area is 96.4 Å². The minimum Gasteiger partial charge on any atom is -0.395 e. The zero-order chi connectivity index (χ0) is 11.5. The average Bonchev–Trinajstić information content (AvgIpc) is 2.63. The number of allylic oxidation sites excluding steroid dienone is 4. The van der Waals surface area contributed by atoms with Crippen LogP contribution in [0.25, 0.3) is 5.57 Å². The maximum atomic E-state index is 9.51. The van der Waals surface area contributed by atoms with Crippen LogP contribution in [0.1, 0.15) is 24.0 Å². The van der Waals surface area contributed by atoms with E-state index in [0.29, 0.717) is 0 Å². The minimum absolute atomic E-state index is 0.118. The third kappa shape index (κ3) is 1.54. The fourth-order valence-corrected chi connectivity index (χ4v) is 2.41. The monoisotopic (exact) mass is 212 g/mol. The Morgan fingerprint density at radius 3 is 2.75 bits per heavy atom. The minimum atomic E-state index is 0.118. The molecule has 0 fully saturated rings. The van der Waals surface area contributed by atoms with Gasteiger partial charge in [0.25, 0.3) is 0 Å². The lowest BCUT2D eigenvalue weighted by molar-refractivity contribution is 0.282. The van der Waals surface area contributed by atoms with Crippen LogP contribution < -0.4 is 0 Å². The van der Waals surface area contributed by atoms with Crippen LogP contribution in [0.5, 0.6) is 0 Å². The molecule has 0 amide bonds. The van der Waals surface area contributed by atoms with Crippen molar-refractivity contribution >= 4 is 5.57 Å². The summed E-state index contributed by atoms with van der Waals surface area (Å²) >= 11 is 0. The molecule has 2 rings (SSSR count). The van der Waals surface area contributed by atoms with Crippen LogP contribution in [0.2, 0.25) is 0 Å². The Morgan fingerprint density at radius 2 is 2.12 bits per heavy atom. The van der Waals surface area contributed by atoms with Crippen molar-refractivity contribution in [3.8, 4) is 0 Å². The summed E-state index contributed by atoms with van der Waals surface area (Å²) in [5.41, 5.74) is 4.82. The Kier molecular flexibility index (Phi) is 3.07. The largest absolute Gasteiger partial charge is 0.395 e. The maximum absolute atomic E-state index is 9.51. The van der Waals surface area contributed by atoms with E-state index in [1.165, 1.54) is 22.3 Å². The highest BCUT2D eigenvalue weighted by molar-refractivity contribution is 5.88. The van der Waals surface area contributed by atoms with Crippen molar-refractivity contribution in [3.05, 3.63) is 65.8 Å². The molecule has 1 aromatic rings. The SMILES string of the molecule is C=C/C=C1\C(=C/C)C(CO)c2ccccc21. The van der Waals surface area contributed by atoms with Crippen LogP contribution in [0.3, 0.4) is 0 Å². The van der Waals surface area contributed by atoms with Gasteiger partial charge in [0, 0.05) is 5.92 Å². The predicted octanol–water partition coefficient (Wildman–Crippen LogP) is 3.29. The Balaban J connectivity index is 2.65. The van der Waals surface area contributed by atoms with Gasteiger partial charge in [-0.15, -0.1) is 0 Å². The number of hydrogen-bond donors (Lipinski definition) is 1. The molecule has 1 N–H and O–H groups in total. The number of fused-ring (bicyclic) bond motifs is 1. The summed E-state index contributed by atoms with van der Waals surface area (Å²) in [6.45, 7) is 5.92. The first kappa shape index (κ1) is 10.9. The van der Waals surface area contributed by atoms with E-state index < -0.39 is 0 Å². The van der Waals surface area contributed by atoms with Crippen LogP contribution in [0.15, 0.2) is 54.6 Å². The van der Waals surface area contributed by atoms with Crippen molar-refractivity contribution in [2.45, 2.75) is 12.8 Å². The van der Waals surface area contributed by atoms with Crippen LogP contribution in [0.4, 0.5) is 0 Å². The molecule has 0 aliphatic heterocycles. The number of aliphatic hydroxyl groups excluding tert-OH is 1. The van der Waals surface area contributed by atoms with Crippen LogP contribution in [0, 0.1) is 0 Å². The van der Waals surface area contributed by atoms with Gasteiger partial charge in [0.1, 0.15) is 0 Å². The molecule has 0 spiro atoms. The summed E-state index contributed by atoms with van der Waals surface area (Å²) in [5, 5.41) is 9.51. The summed E-state index contributed by atoms with van der Waals surface area (Å²) in [5.74, 6) is 0.118. The van der Waals surface area contributed by atoms with E-state index in [-0.39, 0.29) is 12.5 Å². The molecule has 0 saturated carbocycles. The summed E-state index contributed by atoms with van der Waals surface area (Å²) in [7, 11) is 0. The van der Waals surface area contributed by atoms with Gasteiger partial charge in [0.05, 0.1) is 6.61 Å². The first-order chi connectivity index (χ1) is 7.83. The van der Waals surface area contributed by atoms with E-state index >= 15 is 0 Å². The molecule has 0 bridgehead atoms. The number of rotatable bonds is 2. The predicted molar refractivity (Wildman–Crippen MR) is 68.2 cm³/mol. The lowest BCUT2D eigenvalue weighted by Gasteiger charge is -2.09. The Morgan fingerprint density at radius 1 is 1.38 bits per heavy atom. The molecule has 1 aromatic carbocycles. The molecule has 1 atom stereocenters. The van der Waals surface area contributed by atoms with E-state index in [1.54, 1.807) is 6.08 Å². The van der Waals surface area contributed by atoms with Crippen LogP contribution in [-0.2, 0) is 0 Å².